The van der Waals surface area contributed by atoms with Gasteiger partial charge in [-0.25, -0.2) is 8.78 Å². The van der Waals surface area contributed by atoms with Crippen LogP contribution >= 0.6 is 0 Å². The van der Waals surface area contributed by atoms with Crippen molar-refractivity contribution in [1.29, 1.82) is 0 Å². The van der Waals surface area contributed by atoms with E-state index in [-0.39, 0.29) is 17.9 Å². The number of hydrogen-bond acceptors (Lipinski definition) is 5. The number of rotatable bonds is 8. The zero-order valence-corrected chi connectivity index (χ0v) is 16.7. The van der Waals surface area contributed by atoms with Crippen LogP contribution in [0.4, 0.5) is 8.78 Å². The molecule has 0 radical (unpaired) electrons. The first-order valence-corrected chi connectivity index (χ1v) is 8.86. The fourth-order valence-corrected chi connectivity index (χ4v) is 2.80. The Labute approximate surface area is 168 Å². The van der Waals surface area contributed by atoms with E-state index in [1.165, 1.54) is 20.2 Å². The molecule has 29 heavy (non-hydrogen) atoms. The molecule has 0 unspecified atom stereocenters. The van der Waals surface area contributed by atoms with E-state index in [1.54, 1.807) is 37.3 Å². The molecule has 0 bridgehead atoms. The first-order valence-electron chi connectivity index (χ1n) is 8.86. The van der Waals surface area contributed by atoms with E-state index in [4.69, 9.17) is 9.68 Å². The van der Waals surface area contributed by atoms with Gasteiger partial charge >= 0.3 is 0 Å². The maximum atomic E-state index is 13.2. The van der Waals surface area contributed by atoms with Crippen molar-refractivity contribution in [3.63, 3.8) is 0 Å². The second kappa shape index (κ2) is 10.3. The van der Waals surface area contributed by atoms with Crippen LogP contribution in [0, 0.1) is 6.92 Å². The molecule has 1 N–H and O–H groups in total. The predicted molar refractivity (Wildman–Crippen MR) is 107 cm³/mol. The number of halogens is 2. The molecule has 0 aromatic heterocycles. The summed E-state index contributed by atoms with van der Waals surface area (Å²) in [6.07, 6.45) is -2.61. The summed E-state index contributed by atoms with van der Waals surface area (Å²) in [4.78, 5) is 22.4. The van der Waals surface area contributed by atoms with Gasteiger partial charge in [-0.15, -0.1) is 0 Å². The Morgan fingerprint density at radius 2 is 1.79 bits per heavy atom. The summed E-state index contributed by atoms with van der Waals surface area (Å²) in [7, 11) is 2.84. The lowest BCUT2D eigenvalue weighted by atomic mass is 9.98. The third-order valence-electron chi connectivity index (χ3n) is 4.29. The summed E-state index contributed by atoms with van der Waals surface area (Å²) in [6, 6.07) is 11.5. The van der Waals surface area contributed by atoms with E-state index < -0.39 is 12.3 Å². The van der Waals surface area contributed by atoms with Gasteiger partial charge in [0.1, 0.15) is 13.7 Å². The highest BCUT2D eigenvalue weighted by molar-refractivity contribution is 6.45. The lowest BCUT2D eigenvalue weighted by Gasteiger charge is -2.13. The van der Waals surface area contributed by atoms with Gasteiger partial charge in [0.05, 0.1) is 5.71 Å². The van der Waals surface area contributed by atoms with Crippen molar-refractivity contribution < 1.29 is 23.3 Å². The molecule has 0 atom stereocenters. The van der Waals surface area contributed by atoms with Crippen molar-refractivity contribution in [2.75, 3.05) is 14.2 Å². The first kappa shape index (κ1) is 22.0. The molecule has 0 saturated heterocycles. The Balaban J connectivity index is 2.31. The van der Waals surface area contributed by atoms with Gasteiger partial charge in [-0.3, -0.25) is 4.79 Å². The molecule has 2 rings (SSSR count). The maximum Gasteiger partial charge on any atom is 0.273 e. The van der Waals surface area contributed by atoms with Crippen LogP contribution in [-0.2, 0) is 21.1 Å². The fraction of sp³-hybridized carbons (Fsp3) is 0.286. The van der Waals surface area contributed by atoms with Gasteiger partial charge in [0, 0.05) is 29.3 Å². The maximum absolute atomic E-state index is 13.2. The summed E-state index contributed by atoms with van der Waals surface area (Å²) in [5.74, 6) is -0.413. The molecule has 0 fully saturated rings. The Morgan fingerprint density at radius 3 is 2.45 bits per heavy atom. The number of carbonyl (C=O) groups is 1. The monoisotopic (exact) mass is 403 g/mol. The number of amides is 1. The second-order valence-corrected chi connectivity index (χ2v) is 6.14. The quantitative estimate of drug-likeness (QED) is 0.535. The van der Waals surface area contributed by atoms with E-state index in [1.807, 2.05) is 13.0 Å². The molecule has 8 heteroatoms. The number of nitrogens with zero attached hydrogens (tertiary/aromatic N) is 2. The number of aryl methyl sites for hydroxylation is 1. The van der Waals surface area contributed by atoms with Crippen LogP contribution in [0.25, 0.3) is 0 Å². The van der Waals surface area contributed by atoms with Crippen LogP contribution in [0.15, 0.2) is 52.8 Å². The molecule has 2 aromatic rings. The van der Waals surface area contributed by atoms with Gasteiger partial charge in [-0.2, -0.15) is 0 Å². The molecule has 0 aliphatic heterocycles. The van der Waals surface area contributed by atoms with Gasteiger partial charge in [-0.05, 0) is 19.4 Å². The largest absolute Gasteiger partial charge is 0.398 e. The lowest BCUT2D eigenvalue weighted by Crippen LogP contribution is -2.29. The normalized spacial score (nSPS) is 12.1. The highest BCUT2D eigenvalue weighted by atomic mass is 19.3. The third kappa shape index (κ3) is 5.37. The molecule has 154 valence electrons. The average molecular weight is 403 g/mol. The minimum atomic E-state index is -2.61. The van der Waals surface area contributed by atoms with Crippen LogP contribution in [0.2, 0.25) is 0 Å². The van der Waals surface area contributed by atoms with Crippen LogP contribution in [0.5, 0.6) is 0 Å². The van der Waals surface area contributed by atoms with E-state index in [9.17, 15) is 13.6 Å². The van der Waals surface area contributed by atoms with Crippen molar-refractivity contribution in [3.05, 3.63) is 70.3 Å². The molecule has 0 aliphatic rings. The Hall–Kier alpha value is -3.29. The smallest absolute Gasteiger partial charge is 0.273 e. The Morgan fingerprint density at radius 1 is 1.10 bits per heavy atom. The molecule has 0 heterocycles. The van der Waals surface area contributed by atoms with Gasteiger partial charge < -0.3 is 15.0 Å². The Kier molecular flexibility index (Phi) is 7.82. The molecular weight excluding hydrogens is 380 g/mol. The van der Waals surface area contributed by atoms with E-state index in [0.717, 1.165) is 5.56 Å². The van der Waals surface area contributed by atoms with Crippen molar-refractivity contribution >= 4 is 17.3 Å². The summed E-state index contributed by atoms with van der Waals surface area (Å²) in [5, 5.41) is 10.3. The number of oxime groups is 2. The second-order valence-electron chi connectivity index (χ2n) is 6.14. The number of hydrogen-bond donors (Lipinski definition) is 1. The molecule has 0 aliphatic carbocycles. The standard InChI is InChI=1S/C21H23F2N3O3/c1-13-8-7-11-16(19(26-28-4)21(27)24-3)18(13)12-29-25-14(2)15-9-5-6-10-17(15)20(22)23/h5-11,20H,12H2,1-4H3,(H,24,27)/b25-14+,26-19+. The number of benzene rings is 2. The van der Waals surface area contributed by atoms with Crippen molar-refractivity contribution in [2.45, 2.75) is 26.9 Å². The zero-order chi connectivity index (χ0) is 21.4. The Bertz CT molecular complexity index is 927. The summed E-state index contributed by atoms with van der Waals surface area (Å²) < 4.78 is 26.4. The SMILES string of the molecule is CNC(=O)/C(=N/OC)c1cccc(C)c1CO/N=C(\C)c1ccccc1C(F)F. The van der Waals surface area contributed by atoms with Crippen LogP contribution in [0.3, 0.4) is 0 Å². The lowest BCUT2D eigenvalue weighted by molar-refractivity contribution is -0.114. The van der Waals surface area contributed by atoms with Gasteiger partial charge in [0.15, 0.2) is 5.71 Å². The average Bonchev–Trinajstić information content (AvgIpc) is 2.72. The fourth-order valence-electron chi connectivity index (χ4n) is 2.80. The summed E-state index contributed by atoms with van der Waals surface area (Å²) in [5.41, 5.74) is 2.71. The highest BCUT2D eigenvalue weighted by Crippen LogP contribution is 2.23. The van der Waals surface area contributed by atoms with E-state index in [0.29, 0.717) is 22.4 Å². The number of nitrogens with one attached hydrogen (secondary N) is 1. The first-order chi connectivity index (χ1) is 13.9. The minimum absolute atomic E-state index is 0.0237. The highest BCUT2D eigenvalue weighted by Gasteiger charge is 2.19. The van der Waals surface area contributed by atoms with Crippen LogP contribution < -0.4 is 5.32 Å². The molecule has 0 saturated carbocycles. The van der Waals surface area contributed by atoms with Gasteiger partial charge in [-0.1, -0.05) is 52.8 Å². The summed E-state index contributed by atoms with van der Waals surface area (Å²) in [6.45, 7) is 3.48. The molecule has 2 aromatic carbocycles. The van der Waals surface area contributed by atoms with Crippen molar-refractivity contribution in [1.82, 2.24) is 5.32 Å². The number of alkyl halides is 2. The van der Waals surface area contributed by atoms with E-state index >= 15 is 0 Å². The topological polar surface area (TPSA) is 72.3 Å². The van der Waals surface area contributed by atoms with E-state index in [2.05, 4.69) is 15.6 Å². The summed E-state index contributed by atoms with van der Waals surface area (Å²) >= 11 is 0. The molecule has 0 spiro atoms. The van der Waals surface area contributed by atoms with Crippen molar-refractivity contribution in [2.24, 2.45) is 10.3 Å². The van der Waals surface area contributed by atoms with Crippen LogP contribution in [-0.4, -0.2) is 31.5 Å². The third-order valence-corrected chi connectivity index (χ3v) is 4.29. The van der Waals surface area contributed by atoms with Crippen LogP contribution in [0.1, 0.15) is 41.2 Å². The minimum Gasteiger partial charge on any atom is -0.398 e. The number of likely N-dealkylation sites (N-methyl/N-ethyl adjacent to an activating group) is 1. The molecule has 1 amide bonds. The zero-order valence-electron chi connectivity index (χ0n) is 16.7. The van der Waals surface area contributed by atoms with Gasteiger partial charge in [0.25, 0.3) is 12.3 Å². The molecule has 6 nitrogen and oxygen atoms in total. The van der Waals surface area contributed by atoms with Crippen molar-refractivity contribution in [3.8, 4) is 0 Å². The molecular formula is C21H23F2N3O3. The number of carbonyl (C=O) groups excluding carboxylic acids is 1. The predicted octanol–water partition coefficient (Wildman–Crippen LogP) is 3.97. The van der Waals surface area contributed by atoms with Gasteiger partial charge in [0.2, 0.25) is 0 Å².